The molecule has 1 aliphatic carbocycles. The van der Waals surface area contributed by atoms with Gasteiger partial charge in [0.05, 0.1) is 38.7 Å². The molecule has 4 rings (SSSR count). The first-order valence-electron chi connectivity index (χ1n) is 10.2. The molecule has 0 amide bonds. The van der Waals surface area contributed by atoms with E-state index in [-0.39, 0.29) is 16.6 Å². The summed E-state index contributed by atoms with van der Waals surface area (Å²) in [4.78, 5) is 24.7. The molecule has 33 heavy (non-hydrogen) atoms. The average molecular weight is 483 g/mol. The SMILES string of the molecule is C[C@]1(c2nn(C(=O)c3c(Cl)cccc3C(F)(F)F)c3cccc(F)c32)CC[C@H](C(=O)O)CC1. The summed E-state index contributed by atoms with van der Waals surface area (Å²) in [5.41, 5.74) is -2.51. The highest BCUT2D eigenvalue weighted by atomic mass is 35.5. The molecule has 0 aliphatic heterocycles. The van der Waals surface area contributed by atoms with Crippen LogP contribution in [0.5, 0.6) is 0 Å². The number of hydrogen-bond acceptors (Lipinski definition) is 3. The first-order chi connectivity index (χ1) is 15.4. The zero-order valence-corrected chi connectivity index (χ0v) is 18.2. The van der Waals surface area contributed by atoms with Crippen molar-refractivity contribution in [1.29, 1.82) is 0 Å². The molecule has 0 atom stereocenters. The number of alkyl halides is 3. The van der Waals surface area contributed by atoms with Crippen LogP contribution in [0.4, 0.5) is 17.6 Å². The molecular weight excluding hydrogens is 464 g/mol. The van der Waals surface area contributed by atoms with Crippen molar-refractivity contribution in [2.75, 3.05) is 0 Å². The third kappa shape index (κ3) is 3.99. The number of hydrogen-bond donors (Lipinski definition) is 1. The zero-order chi connectivity index (χ0) is 24.1. The van der Waals surface area contributed by atoms with Gasteiger partial charge in [0, 0.05) is 5.41 Å². The lowest BCUT2D eigenvalue weighted by molar-refractivity contribution is -0.143. The van der Waals surface area contributed by atoms with Crippen LogP contribution in [0.2, 0.25) is 5.02 Å². The second-order valence-corrected chi connectivity index (χ2v) is 8.94. The van der Waals surface area contributed by atoms with Crippen molar-refractivity contribution in [2.45, 2.75) is 44.2 Å². The number of carboxylic acid groups (broad SMARTS) is 1. The van der Waals surface area contributed by atoms with Crippen molar-refractivity contribution >= 4 is 34.4 Å². The van der Waals surface area contributed by atoms with Gasteiger partial charge in [-0.15, -0.1) is 0 Å². The Morgan fingerprint density at radius 3 is 2.39 bits per heavy atom. The quantitative estimate of drug-likeness (QED) is 0.460. The van der Waals surface area contributed by atoms with Gasteiger partial charge in [-0.25, -0.2) is 4.39 Å². The summed E-state index contributed by atoms with van der Waals surface area (Å²) in [5.74, 6) is -3.24. The molecule has 0 saturated heterocycles. The van der Waals surface area contributed by atoms with Gasteiger partial charge in [-0.3, -0.25) is 9.59 Å². The molecule has 1 N–H and O–H groups in total. The zero-order valence-electron chi connectivity index (χ0n) is 17.4. The Morgan fingerprint density at radius 1 is 1.15 bits per heavy atom. The molecule has 1 aliphatic rings. The van der Waals surface area contributed by atoms with E-state index >= 15 is 0 Å². The van der Waals surface area contributed by atoms with E-state index < -0.39 is 51.4 Å². The maximum Gasteiger partial charge on any atom is 0.417 e. The van der Waals surface area contributed by atoms with Crippen molar-refractivity contribution in [2.24, 2.45) is 5.92 Å². The predicted octanol–water partition coefficient (Wildman–Crippen LogP) is 6.07. The molecule has 1 saturated carbocycles. The maximum absolute atomic E-state index is 14.9. The Hall–Kier alpha value is -2.94. The van der Waals surface area contributed by atoms with Crippen LogP contribution in [0.1, 0.15) is 54.2 Å². The minimum atomic E-state index is -4.84. The van der Waals surface area contributed by atoms with E-state index in [0.717, 1.165) is 16.8 Å². The lowest BCUT2D eigenvalue weighted by Crippen LogP contribution is -2.32. The van der Waals surface area contributed by atoms with Crippen LogP contribution in [0, 0.1) is 11.7 Å². The lowest BCUT2D eigenvalue weighted by atomic mass is 9.69. The lowest BCUT2D eigenvalue weighted by Gasteiger charge is -2.35. The van der Waals surface area contributed by atoms with Crippen LogP contribution in [0.3, 0.4) is 0 Å². The van der Waals surface area contributed by atoms with Gasteiger partial charge in [-0.05, 0) is 49.9 Å². The number of carbonyl (C=O) groups is 2. The van der Waals surface area contributed by atoms with E-state index in [4.69, 9.17) is 11.6 Å². The Balaban J connectivity index is 1.88. The Labute approximate surface area is 191 Å². The molecule has 1 heterocycles. The van der Waals surface area contributed by atoms with Gasteiger partial charge in [-0.2, -0.15) is 23.0 Å². The largest absolute Gasteiger partial charge is 0.481 e. The molecule has 1 fully saturated rings. The van der Waals surface area contributed by atoms with Crippen LogP contribution < -0.4 is 0 Å². The number of halogens is 5. The van der Waals surface area contributed by atoms with Crippen molar-refractivity contribution in [3.8, 4) is 0 Å². The van der Waals surface area contributed by atoms with Crippen molar-refractivity contribution in [1.82, 2.24) is 9.78 Å². The van der Waals surface area contributed by atoms with Gasteiger partial charge in [0.2, 0.25) is 0 Å². The average Bonchev–Trinajstić information content (AvgIpc) is 3.15. The van der Waals surface area contributed by atoms with Crippen molar-refractivity contribution < 1.29 is 32.3 Å². The van der Waals surface area contributed by atoms with Crippen LogP contribution in [0.25, 0.3) is 10.9 Å². The van der Waals surface area contributed by atoms with Gasteiger partial charge in [0.1, 0.15) is 5.82 Å². The normalized spacial score (nSPS) is 21.3. The fourth-order valence-electron chi connectivity index (χ4n) is 4.53. The van der Waals surface area contributed by atoms with Crippen LogP contribution in [-0.2, 0) is 16.4 Å². The number of benzene rings is 2. The summed E-state index contributed by atoms with van der Waals surface area (Å²) in [6.45, 7) is 1.80. The molecule has 0 radical (unpaired) electrons. The number of fused-ring (bicyclic) bond motifs is 1. The molecule has 5 nitrogen and oxygen atoms in total. The number of aromatic nitrogens is 2. The van der Waals surface area contributed by atoms with Crippen LogP contribution >= 0.6 is 11.6 Å². The topological polar surface area (TPSA) is 72.2 Å². The first kappa shape index (κ1) is 23.2. The third-order valence-electron chi connectivity index (χ3n) is 6.39. The molecule has 0 bridgehead atoms. The third-order valence-corrected chi connectivity index (χ3v) is 6.71. The van der Waals surface area contributed by atoms with Crippen molar-refractivity contribution in [3.63, 3.8) is 0 Å². The first-order valence-corrected chi connectivity index (χ1v) is 10.6. The highest BCUT2D eigenvalue weighted by Crippen LogP contribution is 2.44. The Bertz CT molecular complexity index is 1260. The van der Waals surface area contributed by atoms with E-state index in [9.17, 15) is 32.3 Å². The number of rotatable bonds is 3. The van der Waals surface area contributed by atoms with E-state index in [1.165, 1.54) is 24.3 Å². The van der Waals surface area contributed by atoms with Gasteiger partial charge in [0.15, 0.2) is 0 Å². The van der Waals surface area contributed by atoms with E-state index in [1.54, 1.807) is 6.92 Å². The molecule has 174 valence electrons. The molecule has 1 aromatic heterocycles. The van der Waals surface area contributed by atoms with E-state index in [2.05, 4.69) is 5.10 Å². The number of aliphatic carboxylic acids is 1. The highest BCUT2D eigenvalue weighted by Gasteiger charge is 2.41. The van der Waals surface area contributed by atoms with Gasteiger partial charge < -0.3 is 5.11 Å². The molecule has 3 aromatic rings. The van der Waals surface area contributed by atoms with Gasteiger partial charge >= 0.3 is 12.1 Å². The monoisotopic (exact) mass is 482 g/mol. The summed E-state index contributed by atoms with van der Waals surface area (Å²) < 4.78 is 56.5. The Morgan fingerprint density at radius 2 is 1.79 bits per heavy atom. The highest BCUT2D eigenvalue weighted by molar-refractivity contribution is 6.34. The maximum atomic E-state index is 14.9. The number of carboxylic acids is 1. The molecule has 0 spiro atoms. The standard InChI is InChI=1S/C23H19ClF4N2O3/c1-22(10-8-12(9-11-22)21(32)33)19-18-15(25)6-3-7-16(18)30(29-19)20(31)17-13(23(26,27)28)4-2-5-14(17)24/h2-7,12H,8-11H2,1H3,(H,32,33)/t12-,22-. The second-order valence-electron chi connectivity index (χ2n) is 8.53. The minimum Gasteiger partial charge on any atom is -0.481 e. The van der Waals surface area contributed by atoms with Crippen molar-refractivity contribution in [3.05, 3.63) is 64.1 Å². The molecule has 2 aromatic carbocycles. The minimum absolute atomic E-state index is 0.0182. The fourth-order valence-corrected chi connectivity index (χ4v) is 4.78. The summed E-state index contributed by atoms with van der Waals surface area (Å²) in [5, 5.41) is 13.2. The summed E-state index contributed by atoms with van der Waals surface area (Å²) in [7, 11) is 0. The van der Waals surface area contributed by atoms with Crippen LogP contribution in [-0.4, -0.2) is 26.8 Å². The summed E-state index contributed by atoms with van der Waals surface area (Å²) in [6.07, 6.45) is -3.41. The number of nitrogens with zero attached hydrogens (tertiary/aromatic N) is 2. The van der Waals surface area contributed by atoms with E-state index in [0.29, 0.717) is 25.7 Å². The molecular formula is C23H19ClF4N2O3. The summed E-state index contributed by atoms with van der Waals surface area (Å²) in [6, 6.07) is 6.95. The van der Waals surface area contributed by atoms with Gasteiger partial charge in [-0.1, -0.05) is 30.7 Å². The smallest absolute Gasteiger partial charge is 0.417 e. The second kappa shape index (κ2) is 8.13. The molecule has 10 heteroatoms. The predicted molar refractivity (Wildman–Crippen MR) is 113 cm³/mol. The van der Waals surface area contributed by atoms with Gasteiger partial charge in [0.25, 0.3) is 5.91 Å². The number of carbonyl (C=O) groups excluding carboxylic acids is 1. The Kier molecular flexibility index (Phi) is 5.72. The fraction of sp³-hybridized carbons (Fsp3) is 0.348. The van der Waals surface area contributed by atoms with Crippen LogP contribution in [0.15, 0.2) is 36.4 Å². The molecule has 0 unspecified atom stereocenters. The van der Waals surface area contributed by atoms with E-state index in [1.807, 2.05) is 0 Å². The summed E-state index contributed by atoms with van der Waals surface area (Å²) >= 11 is 6.00.